The van der Waals surface area contributed by atoms with Gasteiger partial charge in [-0.15, -0.1) is 0 Å². The van der Waals surface area contributed by atoms with Crippen molar-refractivity contribution >= 4 is 31.9 Å². The zero-order chi connectivity index (χ0) is 15.5. The van der Waals surface area contributed by atoms with E-state index in [1.165, 1.54) is 12.1 Å². The van der Waals surface area contributed by atoms with Crippen molar-refractivity contribution in [2.45, 2.75) is 25.7 Å². The summed E-state index contributed by atoms with van der Waals surface area (Å²) >= 11 is 3.31. The molecular formula is C13H18BrNO4S. The highest BCUT2D eigenvalue weighted by atomic mass is 79.9. The molecule has 0 spiro atoms. The number of hydrogen-bond donors (Lipinski definition) is 1. The first-order valence-electron chi connectivity index (χ1n) is 6.12. The lowest BCUT2D eigenvalue weighted by molar-refractivity contribution is -0.137. The Morgan fingerprint density at radius 3 is 2.45 bits per heavy atom. The molecule has 1 aromatic rings. The first kappa shape index (κ1) is 17.1. The maximum absolute atomic E-state index is 12.5. The highest BCUT2D eigenvalue weighted by molar-refractivity contribution is 9.10. The second kappa shape index (κ2) is 6.69. The monoisotopic (exact) mass is 363 g/mol. The van der Waals surface area contributed by atoms with Crippen molar-refractivity contribution in [1.82, 2.24) is 4.31 Å². The summed E-state index contributed by atoms with van der Waals surface area (Å²) < 4.78 is 26.8. The van der Waals surface area contributed by atoms with Crippen LogP contribution in [0, 0.1) is 12.8 Å². The molecule has 0 bridgehead atoms. The van der Waals surface area contributed by atoms with E-state index in [1.807, 2.05) is 13.8 Å². The second-order valence-corrected chi connectivity index (χ2v) is 7.79. The van der Waals surface area contributed by atoms with Gasteiger partial charge in [-0.1, -0.05) is 29.8 Å². The number of aryl methyl sites for hydroxylation is 1. The summed E-state index contributed by atoms with van der Waals surface area (Å²) in [5.41, 5.74) is 0.783. The molecule has 5 nitrogen and oxygen atoms in total. The van der Waals surface area contributed by atoms with Crippen LogP contribution in [-0.4, -0.2) is 36.9 Å². The molecule has 0 radical (unpaired) electrons. The molecule has 1 N–H and O–H groups in total. The lowest BCUT2D eigenvalue weighted by Gasteiger charge is -2.22. The quantitative estimate of drug-likeness (QED) is 0.842. The molecule has 0 unspecified atom stereocenters. The van der Waals surface area contributed by atoms with Gasteiger partial charge in [0.1, 0.15) is 6.54 Å². The fourth-order valence-corrected chi connectivity index (χ4v) is 3.62. The fraction of sp³-hybridized carbons (Fsp3) is 0.462. The molecule has 20 heavy (non-hydrogen) atoms. The molecule has 1 aromatic carbocycles. The highest BCUT2D eigenvalue weighted by Gasteiger charge is 2.27. The summed E-state index contributed by atoms with van der Waals surface area (Å²) in [6.45, 7) is 5.11. The Balaban J connectivity index is 3.20. The molecule has 1 rings (SSSR count). The minimum Gasteiger partial charge on any atom is -0.480 e. The summed E-state index contributed by atoms with van der Waals surface area (Å²) in [7, 11) is -3.80. The molecule has 0 fully saturated rings. The molecule has 0 aromatic heterocycles. The van der Waals surface area contributed by atoms with Crippen LogP contribution in [0.15, 0.2) is 27.6 Å². The van der Waals surface area contributed by atoms with Crippen molar-refractivity contribution in [3.05, 3.63) is 28.2 Å². The summed E-state index contributed by atoms with van der Waals surface area (Å²) in [5, 5.41) is 8.89. The summed E-state index contributed by atoms with van der Waals surface area (Å²) in [6, 6.07) is 4.66. The van der Waals surface area contributed by atoms with Gasteiger partial charge in [-0.2, -0.15) is 4.31 Å². The molecule has 112 valence electrons. The predicted octanol–water partition coefficient (Wildman–Crippen LogP) is 2.49. The zero-order valence-corrected chi connectivity index (χ0v) is 14.0. The number of sulfonamides is 1. The Morgan fingerprint density at radius 2 is 2.00 bits per heavy atom. The number of nitrogens with zero attached hydrogens (tertiary/aromatic N) is 1. The number of aliphatic carboxylic acids is 1. The first-order valence-corrected chi connectivity index (χ1v) is 8.36. The summed E-state index contributed by atoms with van der Waals surface area (Å²) in [6.07, 6.45) is 0. The summed E-state index contributed by atoms with van der Waals surface area (Å²) in [4.78, 5) is 11.0. The zero-order valence-electron chi connectivity index (χ0n) is 11.6. The first-order chi connectivity index (χ1) is 9.14. The number of carboxylic acids is 1. The SMILES string of the molecule is Cc1cc(S(=O)(=O)N(CC(=O)O)CC(C)C)ccc1Br. The standard InChI is InChI=1S/C13H18BrNO4S/c1-9(2)7-15(8-13(16)17)20(18,19)11-4-5-12(14)10(3)6-11/h4-6,9H,7-8H2,1-3H3,(H,16,17). The smallest absolute Gasteiger partial charge is 0.318 e. The lowest BCUT2D eigenvalue weighted by Crippen LogP contribution is -2.38. The molecule has 0 saturated carbocycles. The van der Waals surface area contributed by atoms with Gasteiger partial charge in [-0.05, 0) is 36.6 Å². The number of rotatable bonds is 6. The van der Waals surface area contributed by atoms with E-state index in [4.69, 9.17) is 5.11 Å². The topological polar surface area (TPSA) is 74.7 Å². The Bertz CT molecular complexity index is 598. The van der Waals surface area contributed by atoms with Crippen LogP contribution in [0.3, 0.4) is 0 Å². The van der Waals surface area contributed by atoms with Crippen LogP contribution in [0.1, 0.15) is 19.4 Å². The van der Waals surface area contributed by atoms with Gasteiger partial charge in [0.05, 0.1) is 4.90 Å². The van der Waals surface area contributed by atoms with E-state index in [1.54, 1.807) is 13.0 Å². The average molecular weight is 364 g/mol. The van der Waals surface area contributed by atoms with Crippen LogP contribution in [0.4, 0.5) is 0 Å². The van der Waals surface area contributed by atoms with Gasteiger partial charge < -0.3 is 5.11 Å². The normalized spacial score (nSPS) is 12.1. The Morgan fingerprint density at radius 1 is 1.40 bits per heavy atom. The van der Waals surface area contributed by atoms with Crippen molar-refractivity contribution in [2.75, 3.05) is 13.1 Å². The van der Waals surface area contributed by atoms with Gasteiger partial charge in [-0.25, -0.2) is 8.42 Å². The van der Waals surface area contributed by atoms with Gasteiger partial charge in [0.15, 0.2) is 0 Å². The molecule has 0 saturated heterocycles. The Kier molecular flexibility index (Phi) is 5.73. The largest absolute Gasteiger partial charge is 0.480 e. The number of hydrogen-bond acceptors (Lipinski definition) is 3. The van der Waals surface area contributed by atoms with Crippen molar-refractivity contribution in [3.8, 4) is 0 Å². The third-order valence-corrected chi connectivity index (χ3v) is 5.34. The summed E-state index contributed by atoms with van der Waals surface area (Å²) in [5.74, 6) is -1.12. The second-order valence-electron chi connectivity index (χ2n) is 5.00. The number of carboxylic acid groups (broad SMARTS) is 1. The highest BCUT2D eigenvalue weighted by Crippen LogP contribution is 2.23. The Labute approximate surface area is 127 Å². The van der Waals surface area contributed by atoms with Gasteiger partial charge >= 0.3 is 5.97 Å². The van der Waals surface area contributed by atoms with Crippen LogP contribution in [0.5, 0.6) is 0 Å². The van der Waals surface area contributed by atoms with Crippen LogP contribution in [0.25, 0.3) is 0 Å². The molecule has 0 aliphatic carbocycles. The molecule has 0 atom stereocenters. The maximum Gasteiger partial charge on any atom is 0.318 e. The van der Waals surface area contributed by atoms with E-state index in [2.05, 4.69) is 15.9 Å². The molecular weight excluding hydrogens is 346 g/mol. The van der Waals surface area contributed by atoms with Gasteiger partial charge in [0, 0.05) is 11.0 Å². The van der Waals surface area contributed by atoms with E-state index >= 15 is 0 Å². The number of benzene rings is 1. The minimum absolute atomic E-state index is 0.0423. The Hall–Kier alpha value is -0.920. The van der Waals surface area contributed by atoms with E-state index < -0.39 is 22.5 Å². The molecule has 0 amide bonds. The van der Waals surface area contributed by atoms with Crippen molar-refractivity contribution in [1.29, 1.82) is 0 Å². The third kappa shape index (κ3) is 4.29. The van der Waals surface area contributed by atoms with E-state index in [9.17, 15) is 13.2 Å². The van der Waals surface area contributed by atoms with Crippen LogP contribution < -0.4 is 0 Å². The van der Waals surface area contributed by atoms with Crippen molar-refractivity contribution in [2.24, 2.45) is 5.92 Å². The lowest BCUT2D eigenvalue weighted by atomic mass is 10.2. The van der Waals surface area contributed by atoms with Crippen molar-refractivity contribution in [3.63, 3.8) is 0 Å². The van der Waals surface area contributed by atoms with E-state index in [0.29, 0.717) is 0 Å². The number of halogens is 1. The van der Waals surface area contributed by atoms with E-state index in [0.717, 1.165) is 14.3 Å². The predicted molar refractivity (Wildman–Crippen MR) is 80.1 cm³/mol. The third-order valence-electron chi connectivity index (χ3n) is 2.65. The van der Waals surface area contributed by atoms with Crippen LogP contribution in [0.2, 0.25) is 0 Å². The van der Waals surface area contributed by atoms with Crippen LogP contribution >= 0.6 is 15.9 Å². The van der Waals surface area contributed by atoms with Crippen molar-refractivity contribution < 1.29 is 18.3 Å². The average Bonchev–Trinajstić information content (AvgIpc) is 2.30. The fourth-order valence-electron chi connectivity index (χ4n) is 1.73. The molecule has 0 heterocycles. The molecule has 0 aliphatic heterocycles. The molecule has 7 heteroatoms. The molecule has 0 aliphatic rings. The number of carbonyl (C=O) groups is 1. The van der Waals surface area contributed by atoms with Gasteiger partial charge in [0.25, 0.3) is 0 Å². The van der Waals surface area contributed by atoms with E-state index in [-0.39, 0.29) is 17.4 Å². The van der Waals surface area contributed by atoms with Gasteiger partial charge in [-0.3, -0.25) is 4.79 Å². The van der Waals surface area contributed by atoms with Crippen LogP contribution in [-0.2, 0) is 14.8 Å². The minimum atomic E-state index is -3.80. The van der Waals surface area contributed by atoms with Gasteiger partial charge in [0.2, 0.25) is 10.0 Å². The maximum atomic E-state index is 12.5.